The van der Waals surface area contributed by atoms with Crippen LogP contribution in [-0.4, -0.2) is 18.5 Å². The molecular weight excluding hydrogens is 152 g/mol. The largest absolute Gasteiger partial charge is 0.376 e. The van der Waals surface area contributed by atoms with Crippen LogP contribution in [0.1, 0.15) is 41.0 Å². The number of ether oxygens (including phenoxy) is 1. The molecule has 0 saturated carbocycles. The number of hydrogen-bond donors (Lipinski definition) is 0. The molecule has 72 valence electrons. The first-order valence-electron chi connectivity index (χ1n) is 4.37. The highest BCUT2D eigenvalue weighted by atomic mass is 16.5. The van der Waals surface area contributed by atoms with Gasteiger partial charge in [0.1, 0.15) is 6.29 Å². The summed E-state index contributed by atoms with van der Waals surface area (Å²) in [6.07, 6.45) is 1.77. The third-order valence-corrected chi connectivity index (χ3v) is 1.60. The molecule has 0 radical (unpaired) electrons. The van der Waals surface area contributed by atoms with Crippen molar-refractivity contribution >= 4 is 6.29 Å². The lowest BCUT2D eigenvalue weighted by Crippen LogP contribution is -2.23. The van der Waals surface area contributed by atoms with Crippen molar-refractivity contribution in [3.05, 3.63) is 0 Å². The first-order valence-corrected chi connectivity index (χ1v) is 4.37. The number of carbonyl (C=O) groups excluding carboxylic acids is 1. The summed E-state index contributed by atoms with van der Waals surface area (Å²) in [7, 11) is 0. The summed E-state index contributed by atoms with van der Waals surface area (Å²) >= 11 is 0. The van der Waals surface area contributed by atoms with Gasteiger partial charge in [-0.1, -0.05) is 13.8 Å². The SMILES string of the molecule is CC(C)(C=O)CCOC(C)(C)C. The Kier molecular flexibility index (Phi) is 3.91. The van der Waals surface area contributed by atoms with Gasteiger partial charge in [-0.2, -0.15) is 0 Å². The third kappa shape index (κ3) is 6.35. The van der Waals surface area contributed by atoms with Crippen molar-refractivity contribution in [1.82, 2.24) is 0 Å². The fraction of sp³-hybridized carbons (Fsp3) is 0.900. The monoisotopic (exact) mass is 172 g/mol. The fourth-order valence-electron chi connectivity index (χ4n) is 0.679. The Bertz CT molecular complexity index is 142. The van der Waals surface area contributed by atoms with E-state index in [1.807, 2.05) is 34.6 Å². The standard InChI is InChI=1S/C10H20O2/c1-9(2,3)12-7-6-10(4,5)8-11/h8H,6-7H2,1-5H3. The van der Waals surface area contributed by atoms with E-state index in [2.05, 4.69) is 0 Å². The minimum atomic E-state index is -0.245. The van der Waals surface area contributed by atoms with Gasteiger partial charge in [-0.25, -0.2) is 0 Å². The lowest BCUT2D eigenvalue weighted by atomic mass is 9.92. The van der Waals surface area contributed by atoms with E-state index in [9.17, 15) is 4.79 Å². The Morgan fingerprint density at radius 1 is 1.17 bits per heavy atom. The van der Waals surface area contributed by atoms with Crippen LogP contribution in [-0.2, 0) is 9.53 Å². The summed E-state index contributed by atoms with van der Waals surface area (Å²) in [5.74, 6) is 0. The van der Waals surface area contributed by atoms with Crippen molar-refractivity contribution in [3.63, 3.8) is 0 Å². The zero-order valence-electron chi connectivity index (χ0n) is 8.81. The molecule has 0 spiro atoms. The highest BCUT2D eigenvalue weighted by Crippen LogP contribution is 2.18. The van der Waals surface area contributed by atoms with Gasteiger partial charge in [-0.3, -0.25) is 0 Å². The predicted octanol–water partition coefficient (Wildman–Crippen LogP) is 2.42. The summed E-state index contributed by atoms with van der Waals surface area (Å²) in [6.45, 7) is 10.5. The van der Waals surface area contributed by atoms with Gasteiger partial charge in [-0.15, -0.1) is 0 Å². The van der Waals surface area contributed by atoms with Crippen LogP contribution in [0.4, 0.5) is 0 Å². The second-order valence-corrected chi connectivity index (χ2v) is 4.82. The summed E-state index contributed by atoms with van der Waals surface area (Å²) in [5, 5.41) is 0. The van der Waals surface area contributed by atoms with Crippen LogP contribution in [0.15, 0.2) is 0 Å². The van der Waals surface area contributed by atoms with E-state index in [0.29, 0.717) is 6.61 Å². The van der Waals surface area contributed by atoms with Crippen LogP contribution in [0, 0.1) is 5.41 Å². The lowest BCUT2D eigenvalue weighted by Gasteiger charge is -2.23. The second kappa shape index (κ2) is 4.04. The zero-order chi connectivity index (χ0) is 9.83. The van der Waals surface area contributed by atoms with Gasteiger partial charge < -0.3 is 9.53 Å². The molecule has 0 aliphatic heterocycles. The van der Waals surface area contributed by atoms with Crippen molar-refractivity contribution < 1.29 is 9.53 Å². The molecule has 0 bridgehead atoms. The molecule has 0 aromatic heterocycles. The molecule has 0 atom stereocenters. The molecule has 0 rings (SSSR count). The van der Waals surface area contributed by atoms with Crippen molar-refractivity contribution in [2.45, 2.75) is 46.6 Å². The molecule has 0 aliphatic carbocycles. The molecule has 12 heavy (non-hydrogen) atoms. The fourth-order valence-corrected chi connectivity index (χ4v) is 0.679. The Morgan fingerprint density at radius 2 is 1.67 bits per heavy atom. The summed E-state index contributed by atoms with van der Waals surface area (Å²) in [6, 6.07) is 0. The van der Waals surface area contributed by atoms with Crippen LogP contribution >= 0.6 is 0 Å². The van der Waals surface area contributed by atoms with Crippen molar-refractivity contribution in [2.75, 3.05) is 6.61 Å². The van der Waals surface area contributed by atoms with Gasteiger partial charge in [-0.05, 0) is 27.2 Å². The maximum Gasteiger partial charge on any atom is 0.125 e. The molecular formula is C10H20O2. The molecule has 0 fully saturated rings. The van der Waals surface area contributed by atoms with E-state index >= 15 is 0 Å². The van der Waals surface area contributed by atoms with Gasteiger partial charge in [0.15, 0.2) is 0 Å². The van der Waals surface area contributed by atoms with Gasteiger partial charge in [0.05, 0.1) is 5.60 Å². The lowest BCUT2D eigenvalue weighted by molar-refractivity contribution is -0.116. The average molecular weight is 172 g/mol. The molecule has 0 heterocycles. The van der Waals surface area contributed by atoms with E-state index in [1.165, 1.54) is 0 Å². The minimum absolute atomic E-state index is 0.0982. The van der Waals surface area contributed by atoms with Crippen LogP contribution in [0.25, 0.3) is 0 Å². The number of rotatable bonds is 4. The highest BCUT2D eigenvalue weighted by molar-refractivity contribution is 5.57. The van der Waals surface area contributed by atoms with Crippen LogP contribution < -0.4 is 0 Å². The quantitative estimate of drug-likeness (QED) is 0.609. The van der Waals surface area contributed by atoms with Crippen LogP contribution in [0.3, 0.4) is 0 Å². The van der Waals surface area contributed by atoms with Crippen molar-refractivity contribution in [2.24, 2.45) is 5.41 Å². The molecule has 0 aromatic carbocycles. The summed E-state index contributed by atoms with van der Waals surface area (Å²) in [4.78, 5) is 10.5. The molecule has 2 nitrogen and oxygen atoms in total. The minimum Gasteiger partial charge on any atom is -0.376 e. The molecule has 0 N–H and O–H groups in total. The predicted molar refractivity (Wildman–Crippen MR) is 50.2 cm³/mol. The van der Waals surface area contributed by atoms with Crippen molar-refractivity contribution in [3.8, 4) is 0 Å². The number of hydrogen-bond acceptors (Lipinski definition) is 2. The van der Waals surface area contributed by atoms with Gasteiger partial charge in [0, 0.05) is 12.0 Å². The zero-order valence-corrected chi connectivity index (χ0v) is 8.81. The summed E-state index contributed by atoms with van der Waals surface area (Å²) < 4.78 is 5.51. The molecule has 0 unspecified atom stereocenters. The first kappa shape index (κ1) is 11.6. The first-order chi connectivity index (χ1) is 5.27. The second-order valence-electron chi connectivity index (χ2n) is 4.82. The van der Waals surface area contributed by atoms with E-state index in [1.54, 1.807) is 0 Å². The van der Waals surface area contributed by atoms with Crippen LogP contribution in [0.2, 0.25) is 0 Å². The molecule has 2 heteroatoms. The average Bonchev–Trinajstić information content (AvgIpc) is 1.84. The number of carbonyl (C=O) groups is 1. The van der Waals surface area contributed by atoms with E-state index < -0.39 is 0 Å². The molecule has 0 amide bonds. The Morgan fingerprint density at radius 3 is 2.00 bits per heavy atom. The molecule has 0 saturated heterocycles. The van der Waals surface area contributed by atoms with Crippen LogP contribution in [0.5, 0.6) is 0 Å². The Labute approximate surface area is 75.3 Å². The summed E-state index contributed by atoms with van der Waals surface area (Å²) in [5.41, 5.74) is -0.343. The Balaban J connectivity index is 3.64. The maximum absolute atomic E-state index is 10.5. The van der Waals surface area contributed by atoms with E-state index in [-0.39, 0.29) is 11.0 Å². The van der Waals surface area contributed by atoms with Crippen molar-refractivity contribution in [1.29, 1.82) is 0 Å². The van der Waals surface area contributed by atoms with Gasteiger partial charge in [0.25, 0.3) is 0 Å². The third-order valence-electron chi connectivity index (χ3n) is 1.60. The van der Waals surface area contributed by atoms with E-state index in [4.69, 9.17) is 4.74 Å². The van der Waals surface area contributed by atoms with Gasteiger partial charge >= 0.3 is 0 Å². The maximum atomic E-state index is 10.5. The van der Waals surface area contributed by atoms with Gasteiger partial charge in [0.2, 0.25) is 0 Å². The molecule has 0 aromatic rings. The topological polar surface area (TPSA) is 26.3 Å². The number of aldehydes is 1. The van der Waals surface area contributed by atoms with E-state index in [0.717, 1.165) is 12.7 Å². The normalized spacial score (nSPS) is 13.1. The smallest absolute Gasteiger partial charge is 0.125 e. The molecule has 0 aliphatic rings. The highest BCUT2D eigenvalue weighted by Gasteiger charge is 2.18. The Hall–Kier alpha value is -0.370.